The Morgan fingerprint density at radius 3 is 2.89 bits per heavy atom. The van der Waals surface area contributed by atoms with E-state index in [1.165, 1.54) is 5.56 Å². The van der Waals surface area contributed by atoms with Crippen LogP contribution in [-0.2, 0) is 13.0 Å². The van der Waals surface area contributed by atoms with Crippen LogP contribution in [0.1, 0.15) is 31.3 Å². The van der Waals surface area contributed by atoms with Crippen LogP contribution < -0.4 is 11.3 Å². The first-order valence-corrected chi connectivity index (χ1v) is 7.84. The summed E-state index contributed by atoms with van der Waals surface area (Å²) in [5.74, 6) is 7.16. The van der Waals surface area contributed by atoms with Crippen LogP contribution in [0.5, 0.6) is 0 Å². The molecule has 0 aliphatic heterocycles. The third-order valence-electron chi connectivity index (χ3n) is 2.81. The fourth-order valence-electron chi connectivity index (χ4n) is 1.91. The van der Waals surface area contributed by atoms with Crippen LogP contribution in [0.15, 0.2) is 21.6 Å². The lowest BCUT2D eigenvalue weighted by Gasteiger charge is -2.15. The molecule has 1 atom stereocenters. The van der Waals surface area contributed by atoms with Crippen molar-refractivity contribution >= 4 is 27.3 Å². The molecule has 19 heavy (non-hydrogen) atoms. The summed E-state index contributed by atoms with van der Waals surface area (Å²) >= 11 is 5.13. The standard InChI is InChI=1S/C12H18BrN5S/c1-8(2)5-18-12(15-7-16-18)4-10(17-14)9-3-11(13)19-6-9/h3,6-8,10,17H,4-5,14H2,1-2H3. The van der Waals surface area contributed by atoms with Gasteiger partial charge in [0.25, 0.3) is 0 Å². The molecule has 2 aromatic rings. The van der Waals surface area contributed by atoms with E-state index in [2.05, 4.69) is 56.7 Å². The average molecular weight is 344 g/mol. The van der Waals surface area contributed by atoms with Gasteiger partial charge in [0, 0.05) is 13.0 Å². The molecule has 0 aliphatic carbocycles. The van der Waals surface area contributed by atoms with Crippen LogP contribution >= 0.6 is 27.3 Å². The summed E-state index contributed by atoms with van der Waals surface area (Å²) in [6.45, 7) is 5.21. The number of hydrogen-bond donors (Lipinski definition) is 2. The van der Waals surface area contributed by atoms with E-state index < -0.39 is 0 Å². The molecule has 3 N–H and O–H groups in total. The Morgan fingerprint density at radius 1 is 1.53 bits per heavy atom. The number of nitrogens with one attached hydrogen (secondary N) is 1. The maximum Gasteiger partial charge on any atom is 0.138 e. The molecule has 2 aromatic heterocycles. The van der Waals surface area contributed by atoms with Crippen LogP contribution in [0.3, 0.4) is 0 Å². The Morgan fingerprint density at radius 2 is 2.32 bits per heavy atom. The molecular formula is C12H18BrN5S. The van der Waals surface area contributed by atoms with Gasteiger partial charge < -0.3 is 0 Å². The topological polar surface area (TPSA) is 68.8 Å². The third-order valence-corrected chi connectivity index (χ3v) is 4.33. The lowest BCUT2D eigenvalue weighted by Crippen LogP contribution is -2.30. The zero-order valence-electron chi connectivity index (χ0n) is 11.0. The SMILES string of the molecule is CC(C)Cn1ncnc1CC(NN)c1csc(Br)c1. The first-order chi connectivity index (χ1) is 9.10. The second-order valence-corrected chi connectivity index (χ2v) is 7.15. The molecule has 7 heteroatoms. The number of aromatic nitrogens is 3. The van der Waals surface area contributed by atoms with Gasteiger partial charge in [-0.05, 0) is 38.9 Å². The third kappa shape index (κ3) is 3.85. The van der Waals surface area contributed by atoms with Crippen molar-refractivity contribution in [2.24, 2.45) is 11.8 Å². The Labute approximate surface area is 125 Å². The maximum atomic E-state index is 5.66. The van der Waals surface area contributed by atoms with Gasteiger partial charge in [-0.1, -0.05) is 13.8 Å². The van der Waals surface area contributed by atoms with E-state index in [1.54, 1.807) is 17.7 Å². The minimum atomic E-state index is 0.0534. The Balaban J connectivity index is 2.12. The second-order valence-electron chi connectivity index (χ2n) is 4.86. The molecule has 2 heterocycles. The van der Waals surface area contributed by atoms with Crippen molar-refractivity contribution in [1.29, 1.82) is 0 Å². The minimum absolute atomic E-state index is 0.0534. The molecule has 0 amide bonds. The van der Waals surface area contributed by atoms with Gasteiger partial charge in [0.15, 0.2) is 0 Å². The highest BCUT2D eigenvalue weighted by Crippen LogP contribution is 2.26. The molecule has 0 bridgehead atoms. The Kier molecular flexibility index (Phi) is 5.09. The van der Waals surface area contributed by atoms with Crippen LogP contribution in [0.2, 0.25) is 0 Å². The molecule has 0 radical (unpaired) electrons. The highest BCUT2D eigenvalue weighted by atomic mass is 79.9. The number of hydrazine groups is 1. The number of nitrogens with zero attached hydrogens (tertiary/aromatic N) is 3. The summed E-state index contributed by atoms with van der Waals surface area (Å²) < 4.78 is 3.06. The number of halogens is 1. The minimum Gasteiger partial charge on any atom is -0.271 e. The van der Waals surface area contributed by atoms with Gasteiger partial charge in [-0.15, -0.1) is 11.3 Å². The number of rotatable bonds is 6. The fourth-order valence-corrected chi connectivity index (χ4v) is 3.14. The highest BCUT2D eigenvalue weighted by Gasteiger charge is 2.16. The van der Waals surface area contributed by atoms with E-state index in [0.29, 0.717) is 5.92 Å². The van der Waals surface area contributed by atoms with Crippen LogP contribution in [0.4, 0.5) is 0 Å². The Bertz CT molecular complexity index is 522. The molecule has 104 valence electrons. The van der Waals surface area contributed by atoms with Gasteiger partial charge in [-0.25, -0.2) is 9.67 Å². The number of nitrogens with two attached hydrogens (primary N) is 1. The van der Waals surface area contributed by atoms with Crippen molar-refractivity contribution in [2.45, 2.75) is 32.9 Å². The molecular weight excluding hydrogens is 326 g/mol. The van der Waals surface area contributed by atoms with Gasteiger partial charge in [0.05, 0.1) is 9.83 Å². The van der Waals surface area contributed by atoms with Crippen molar-refractivity contribution in [3.63, 3.8) is 0 Å². The summed E-state index contributed by atoms with van der Waals surface area (Å²) in [4.78, 5) is 4.34. The van der Waals surface area contributed by atoms with Crippen molar-refractivity contribution in [3.8, 4) is 0 Å². The van der Waals surface area contributed by atoms with E-state index in [-0.39, 0.29) is 6.04 Å². The zero-order valence-corrected chi connectivity index (χ0v) is 13.4. The van der Waals surface area contributed by atoms with E-state index in [0.717, 1.165) is 22.6 Å². The van der Waals surface area contributed by atoms with Crippen LogP contribution in [-0.4, -0.2) is 14.8 Å². The van der Waals surface area contributed by atoms with Crippen molar-refractivity contribution < 1.29 is 0 Å². The van der Waals surface area contributed by atoms with Crippen molar-refractivity contribution in [1.82, 2.24) is 20.2 Å². The van der Waals surface area contributed by atoms with E-state index in [9.17, 15) is 0 Å². The molecule has 0 spiro atoms. The fraction of sp³-hybridized carbons (Fsp3) is 0.500. The number of hydrogen-bond acceptors (Lipinski definition) is 5. The van der Waals surface area contributed by atoms with Crippen molar-refractivity contribution in [2.75, 3.05) is 0 Å². The lowest BCUT2D eigenvalue weighted by atomic mass is 10.1. The van der Waals surface area contributed by atoms with Gasteiger partial charge in [0.2, 0.25) is 0 Å². The Hall–Kier alpha value is -0.760. The van der Waals surface area contributed by atoms with Crippen LogP contribution in [0, 0.1) is 5.92 Å². The first kappa shape index (κ1) is 14.6. The van der Waals surface area contributed by atoms with E-state index in [4.69, 9.17) is 5.84 Å². The molecule has 5 nitrogen and oxygen atoms in total. The van der Waals surface area contributed by atoms with Gasteiger partial charge in [0.1, 0.15) is 12.2 Å². The zero-order chi connectivity index (χ0) is 13.8. The normalized spacial score (nSPS) is 13.1. The second kappa shape index (κ2) is 6.60. The maximum absolute atomic E-state index is 5.66. The molecule has 0 saturated heterocycles. The van der Waals surface area contributed by atoms with Gasteiger partial charge in [-0.2, -0.15) is 5.10 Å². The van der Waals surface area contributed by atoms with Crippen molar-refractivity contribution in [3.05, 3.63) is 32.9 Å². The summed E-state index contributed by atoms with van der Waals surface area (Å²) in [6.07, 6.45) is 2.33. The predicted molar refractivity (Wildman–Crippen MR) is 80.6 cm³/mol. The van der Waals surface area contributed by atoms with Gasteiger partial charge in [-0.3, -0.25) is 11.3 Å². The quantitative estimate of drug-likeness (QED) is 0.624. The highest BCUT2D eigenvalue weighted by molar-refractivity contribution is 9.11. The summed E-state index contributed by atoms with van der Waals surface area (Å²) in [5, 5.41) is 6.37. The molecule has 0 fully saturated rings. The first-order valence-electron chi connectivity index (χ1n) is 6.17. The predicted octanol–water partition coefficient (Wildman–Crippen LogP) is 2.51. The summed E-state index contributed by atoms with van der Waals surface area (Å²) in [6, 6.07) is 2.14. The molecule has 0 saturated carbocycles. The molecule has 2 rings (SSSR count). The number of thiophene rings is 1. The molecule has 0 aromatic carbocycles. The van der Waals surface area contributed by atoms with E-state index in [1.807, 2.05) is 4.68 Å². The summed E-state index contributed by atoms with van der Waals surface area (Å²) in [7, 11) is 0. The molecule has 1 unspecified atom stereocenters. The smallest absolute Gasteiger partial charge is 0.138 e. The summed E-state index contributed by atoms with van der Waals surface area (Å²) in [5.41, 5.74) is 4.02. The monoisotopic (exact) mass is 343 g/mol. The largest absolute Gasteiger partial charge is 0.271 e. The average Bonchev–Trinajstić information content (AvgIpc) is 2.95. The lowest BCUT2D eigenvalue weighted by molar-refractivity contribution is 0.447. The van der Waals surface area contributed by atoms with E-state index >= 15 is 0 Å². The van der Waals surface area contributed by atoms with Crippen LogP contribution in [0.25, 0.3) is 0 Å². The van der Waals surface area contributed by atoms with Gasteiger partial charge >= 0.3 is 0 Å². The molecule has 0 aliphatic rings.